The summed E-state index contributed by atoms with van der Waals surface area (Å²) in [4.78, 5) is 6.77. The van der Waals surface area contributed by atoms with E-state index < -0.39 is 0 Å². The minimum Gasteiger partial charge on any atom is -0.468 e. The fraction of sp³-hybridized carbons (Fsp3) is 0.500. The molecule has 2 fully saturated rings. The fourth-order valence-electron chi connectivity index (χ4n) is 3.73. The summed E-state index contributed by atoms with van der Waals surface area (Å²) >= 11 is 0. The Morgan fingerprint density at radius 3 is 3.13 bits per heavy atom. The lowest BCUT2D eigenvalue weighted by atomic mass is 9.82. The van der Waals surface area contributed by atoms with E-state index in [2.05, 4.69) is 9.88 Å². The van der Waals surface area contributed by atoms with Crippen LogP contribution in [0.4, 0.5) is 0 Å². The summed E-state index contributed by atoms with van der Waals surface area (Å²) < 4.78 is 17.2. The maximum Gasteiger partial charge on any atom is 0.117 e. The maximum atomic E-state index is 6.00. The molecule has 0 spiro atoms. The normalized spacial score (nSPS) is 27.4. The van der Waals surface area contributed by atoms with Gasteiger partial charge in [-0.05, 0) is 24.3 Å². The number of hydrogen-bond acceptors (Lipinski definition) is 5. The SMILES string of the molecule is c1ccc(COC[C@]23COC[C@H]2CN(Cc2ccco2)C3)nc1. The molecule has 2 atom stereocenters. The Kier molecular flexibility index (Phi) is 4.16. The summed E-state index contributed by atoms with van der Waals surface area (Å²) in [5.41, 5.74) is 1.09. The standard InChI is InChI=1S/C18H22N2O3/c1-2-6-19-16(4-1)11-22-14-18-12-20(8-15(18)10-21-13-18)9-17-5-3-7-23-17/h1-7,15H,8-14H2/t15-,18+/m1/s1. The highest BCUT2D eigenvalue weighted by Gasteiger charge is 2.50. The summed E-state index contributed by atoms with van der Waals surface area (Å²) in [7, 11) is 0. The molecule has 5 heteroatoms. The van der Waals surface area contributed by atoms with Crippen molar-refractivity contribution in [1.29, 1.82) is 0 Å². The summed E-state index contributed by atoms with van der Waals surface area (Å²) in [6.07, 6.45) is 3.54. The molecule has 0 saturated carbocycles. The molecule has 0 aliphatic carbocycles. The highest BCUT2D eigenvalue weighted by atomic mass is 16.5. The summed E-state index contributed by atoms with van der Waals surface area (Å²) in [5, 5.41) is 0. The molecular weight excluding hydrogens is 292 g/mol. The average molecular weight is 314 g/mol. The average Bonchev–Trinajstić information content (AvgIpc) is 3.25. The van der Waals surface area contributed by atoms with Crippen molar-refractivity contribution in [2.75, 3.05) is 32.9 Å². The third-order valence-corrected chi connectivity index (χ3v) is 4.92. The van der Waals surface area contributed by atoms with Crippen LogP contribution >= 0.6 is 0 Å². The van der Waals surface area contributed by atoms with Crippen LogP contribution in [0, 0.1) is 11.3 Å². The van der Waals surface area contributed by atoms with E-state index in [1.165, 1.54) is 0 Å². The molecule has 0 bridgehead atoms. The van der Waals surface area contributed by atoms with Gasteiger partial charge in [0.25, 0.3) is 0 Å². The number of pyridine rings is 1. The highest BCUT2D eigenvalue weighted by molar-refractivity contribution is 5.05. The van der Waals surface area contributed by atoms with Gasteiger partial charge in [-0.1, -0.05) is 6.07 Å². The number of rotatable bonds is 6. The largest absolute Gasteiger partial charge is 0.468 e. The Morgan fingerprint density at radius 2 is 2.30 bits per heavy atom. The molecule has 4 rings (SSSR count). The van der Waals surface area contributed by atoms with E-state index in [-0.39, 0.29) is 5.41 Å². The molecule has 0 unspecified atom stereocenters. The number of nitrogens with zero attached hydrogens (tertiary/aromatic N) is 2. The Morgan fingerprint density at radius 1 is 1.30 bits per heavy atom. The van der Waals surface area contributed by atoms with E-state index >= 15 is 0 Å². The molecule has 0 N–H and O–H groups in total. The second-order valence-corrected chi connectivity index (χ2v) is 6.64. The van der Waals surface area contributed by atoms with E-state index in [1.54, 1.807) is 12.5 Å². The summed E-state index contributed by atoms with van der Waals surface area (Å²) in [5.74, 6) is 1.57. The fourth-order valence-corrected chi connectivity index (χ4v) is 3.73. The van der Waals surface area contributed by atoms with Crippen LogP contribution in [-0.2, 0) is 22.6 Å². The first kappa shape index (κ1) is 14.9. The van der Waals surface area contributed by atoms with Crippen molar-refractivity contribution >= 4 is 0 Å². The minimum atomic E-state index is 0.112. The first-order valence-corrected chi connectivity index (χ1v) is 8.14. The van der Waals surface area contributed by atoms with E-state index in [4.69, 9.17) is 13.9 Å². The third kappa shape index (κ3) is 3.17. The molecular formula is C18H22N2O3. The van der Waals surface area contributed by atoms with Crippen LogP contribution in [0.2, 0.25) is 0 Å². The van der Waals surface area contributed by atoms with Crippen LogP contribution in [-0.4, -0.2) is 42.8 Å². The van der Waals surface area contributed by atoms with Crippen molar-refractivity contribution in [3.8, 4) is 0 Å². The molecule has 2 aromatic rings. The first-order chi connectivity index (χ1) is 11.3. The molecule has 5 nitrogen and oxygen atoms in total. The van der Waals surface area contributed by atoms with Gasteiger partial charge in [0.15, 0.2) is 0 Å². The van der Waals surface area contributed by atoms with Gasteiger partial charge in [0.05, 0.1) is 44.9 Å². The lowest BCUT2D eigenvalue weighted by Gasteiger charge is -2.26. The number of hydrogen-bond donors (Lipinski definition) is 0. The van der Waals surface area contributed by atoms with Crippen LogP contribution in [0.25, 0.3) is 0 Å². The zero-order valence-corrected chi connectivity index (χ0v) is 13.2. The molecule has 2 aliphatic rings. The van der Waals surface area contributed by atoms with Crippen molar-refractivity contribution in [2.24, 2.45) is 11.3 Å². The van der Waals surface area contributed by atoms with Gasteiger partial charge in [0.2, 0.25) is 0 Å². The summed E-state index contributed by atoms with van der Waals surface area (Å²) in [6, 6.07) is 9.90. The Balaban J connectivity index is 1.35. The lowest BCUT2D eigenvalue weighted by molar-refractivity contribution is 0.0167. The smallest absolute Gasteiger partial charge is 0.117 e. The summed E-state index contributed by atoms with van der Waals surface area (Å²) in [6.45, 7) is 5.83. The number of furan rings is 1. The molecule has 2 aliphatic heterocycles. The number of aromatic nitrogens is 1. The van der Waals surface area contributed by atoms with Gasteiger partial charge >= 0.3 is 0 Å². The van der Waals surface area contributed by atoms with Crippen molar-refractivity contribution < 1.29 is 13.9 Å². The molecule has 23 heavy (non-hydrogen) atoms. The Hall–Kier alpha value is -1.69. The second-order valence-electron chi connectivity index (χ2n) is 6.64. The zero-order chi connectivity index (χ0) is 15.5. The highest BCUT2D eigenvalue weighted by Crippen LogP contribution is 2.42. The molecule has 2 aromatic heterocycles. The molecule has 0 radical (unpaired) electrons. The van der Waals surface area contributed by atoms with Gasteiger partial charge in [-0.15, -0.1) is 0 Å². The number of likely N-dealkylation sites (tertiary alicyclic amines) is 1. The number of fused-ring (bicyclic) bond motifs is 1. The van der Waals surface area contributed by atoms with E-state index in [0.717, 1.165) is 50.9 Å². The van der Waals surface area contributed by atoms with Crippen molar-refractivity contribution in [3.63, 3.8) is 0 Å². The topological polar surface area (TPSA) is 47.7 Å². The molecule has 2 saturated heterocycles. The van der Waals surface area contributed by atoms with Crippen LogP contribution in [0.3, 0.4) is 0 Å². The second kappa shape index (κ2) is 6.43. The quantitative estimate of drug-likeness (QED) is 0.819. The van der Waals surface area contributed by atoms with Gasteiger partial charge in [-0.2, -0.15) is 0 Å². The Labute approximate surface area is 136 Å². The monoisotopic (exact) mass is 314 g/mol. The van der Waals surface area contributed by atoms with Gasteiger partial charge in [-0.25, -0.2) is 0 Å². The van der Waals surface area contributed by atoms with Crippen LogP contribution in [0.5, 0.6) is 0 Å². The van der Waals surface area contributed by atoms with Gasteiger partial charge in [-0.3, -0.25) is 9.88 Å². The lowest BCUT2D eigenvalue weighted by Crippen LogP contribution is -2.35. The van der Waals surface area contributed by atoms with Crippen LogP contribution in [0.1, 0.15) is 11.5 Å². The molecule has 122 valence electrons. The van der Waals surface area contributed by atoms with Crippen molar-refractivity contribution in [2.45, 2.75) is 13.2 Å². The van der Waals surface area contributed by atoms with Gasteiger partial charge < -0.3 is 13.9 Å². The van der Waals surface area contributed by atoms with E-state index in [1.807, 2.05) is 30.3 Å². The molecule has 0 aromatic carbocycles. The Bertz CT molecular complexity index is 616. The van der Waals surface area contributed by atoms with Gasteiger partial charge in [0.1, 0.15) is 5.76 Å². The molecule has 0 amide bonds. The predicted octanol–water partition coefficient (Wildman–Crippen LogP) is 2.34. The van der Waals surface area contributed by atoms with Crippen molar-refractivity contribution in [1.82, 2.24) is 9.88 Å². The van der Waals surface area contributed by atoms with Crippen LogP contribution in [0.15, 0.2) is 47.2 Å². The third-order valence-electron chi connectivity index (χ3n) is 4.92. The number of ether oxygens (including phenoxy) is 2. The van der Waals surface area contributed by atoms with E-state index in [9.17, 15) is 0 Å². The first-order valence-electron chi connectivity index (χ1n) is 8.14. The van der Waals surface area contributed by atoms with Crippen LogP contribution < -0.4 is 0 Å². The maximum absolute atomic E-state index is 6.00. The van der Waals surface area contributed by atoms with Gasteiger partial charge in [0, 0.05) is 30.6 Å². The minimum absolute atomic E-state index is 0.112. The zero-order valence-electron chi connectivity index (χ0n) is 13.2. The van der Waals surface area contributed by atoms with E-state index in [0.29, 0.717) is 12.5 Å². The van der Waals surface area contributed by atoms with Crippen molar-refractivity contribution in [3.05, 3.63) is 54.2 Å². The predicted molar refractivity (Wildman–Crippen MR) is 84.6 cm³/mol. The molecule has 4 heterocycles.